The molecule has 0 aliphatic carbocycles. The van der Waals surface area contributed by atoms with Gasteiger partial charge in [0.15, 0.2) is 5.16 Å². The smallest absolute Gasteiger partial charge is 0.188 e. The zero-order valence-corrected chi connectivity index (χ0v) is 13.1. The lowest BCUT2D eigenvalue weighted by atomic mass is 10.1. The van der Waals surface area contributed by atoms with Gasteiger partial charge >= 0.3 is 0 Å². The molecule has 2 heterocycles. The molecule has 19 heavy (non-hydrogen) atoms. The van der Waals surface area contributed by atoms with Crippen LogP contribution in [0.4, 0.5) is 0 Å². The van der Waals surface area contributed by atoms with Gasteiger partial charge < -0.3 is 5.73 Å². The summed E-state index contributed by atoms with van der Waals surface area (Å²) in [5.74, 6) is 0. The molecular formula is C14H19N3S2. The molecule has 2 N–H and O–H groups in total. The lowest BCUT2D eigenvalue weighted by Gasteiger charge is -2.21. The van der Waals surface area contributed by atoms with E-state index >= 15 is 0 Å². The van der Waals surface area contributed by atoms with Crippen LogP contribution in [0.5, 0.6) is 0 Å². The summed E-state index contributed by atoms with van der Waals surface area (Å²) in [5.41, 5.74) is 9.54. The van der Waals surface area contributed by atoms with Gasteiger partial charge in [0, 0.05) is 17.4 Å². The van der Waals surface area contributed by atoms with E-state index in [-0.39, 0.29) is 11.3 Å². The number of thiophene rings is 1. The van der Waals surface area contributed by atoms with Crippen LogP contribution in [0.1, 0.15) is 35.5 Å². The van der Waals surface area contributed by atoms with Gasteiger partial charge in [-0.1, -0.05) is 18.7 Å². The third-order valence-corrected chi connectivity index (χ3v) is 4.90. The molecule has 5 heteroatoms. The monoisotopic (exact) mass is 293 g/mol. The summed E-state index contributed by atoms with van der Waals surface area (Å²) in [4.78, 5) is 9.00. The Hall–Kier alpha value is -0.910. The Kier molecular flexibility index (Phi) is 4.96. The lowest BCUT2D eigenvalue weighted by Crippen LogP contribution is -2.25. The maximum absolute atomic E-state index is 6.26. The Morgan fingerprint density at radius 3 is 2.53 bits per heavy atom. The summed E-state index contributed by atoms with van der Waals surface area (Å²) in [6, 6.07) is 4.24. The van der Waals surface area contributed by atoms with Gasteiger partial charge in [-0.25, -0.2) is 9.97 Å². The molecule has 0 saturated carbocycles. The highest BCUT2D eigenvalue weighted by molar-refractivity contribution is 7.99. The molecule has 0 bridgehead atoms. The minimum absolute atomic E-state index is 0.115. The Bertz CT molecular complexity index is 505. The van der Waals surface area contributed by atoms with Gasteiger partial charge in [0.25, 0.3) is 0 Å². The van der Waals surface area contributed by atoms with Gasteiger partial charge in [-0.2, -0.15) is 11.3 Å². The van der Waals surface area contributed by atoms with Crippen LogP contribution in [0.3, 0.4) is 0 Å². The third kappa shape index (κ3) is 3.78. The first kappa shape index (κ1) is 14.5. The van der Waals surface area contributed by atoms with Crippen LogP contribution in [-0.4, -0.2) is 16.0 Å². The number of hydrogen-bond acceptors (Lipinski definition) is 5. The number of rotatable bonds is 5. The second kappa shape index (κ2) is 6.50. The molecule has 0 aliphatic rings. The Balaban J connectivity index is 2.25. The molecule has 0 radical (unpaired) electrons. The predicted octanol–water partition coefficient (Wildman–Crippen LogP) is 3.73. The van der Waals surface area contributed by atoms with E-state index in [1.54, 1.807) is 23.1 Å². The average Bonchev–Trinajstić information content (AvgIpc) is 2.87. The van der Waals surface area contributed by atoms with Gasteiger partial charge in [-0.15, -0.1) is 0 Å². The van der Waals surface area contributed by atoms with Gasteiger partial charge in [0.05, 0.1) is 5.25 Å². The zero-order valence-electron chi connectivity index (χ0n) is 11.5. The van der Waals surface area contributed by atoms with Crippen molar-refractivity contribution in [3.8, 4) is 0 Å². The van der Waals surface area contributed by atoms with Crippen LogP contribution in [0.15, 0.2) is 28.0 Å². The van der Waals surface area contributed by atoms with E-state index in [0.717, 1.165) is 23.0 Å². The molecule has 2 aromatic rings. The first-order chi connectivity index (χ1) is 9.10. The zero-order chi connectivity index (χ0) is 13.8. The molecule has 0 amide bonds. The summed E-state index contributed by atoms with van der Waals surface area (Å²) < 4.78 is 0. The van der Waals surface area contributed by atoms with Crippen molar-refractivity contribution in [2.24, 2.45) is 5.73 Å². The number of thioether (sulfide) groups is 1. The van der Waals surface area contributed by atoms with Gasteiger partial charge in [0.2, 0.25) is 0 Å². The van der Waals surface area contributed by atoms with Crippen LogP contribution in [-0.2, 0) is 0 Å². The first-order valence-electron chi connectivity index (χ1n) is 6.36. The number of aromatic nitrogens is 2. The topological polar surface area (TPSA) is 51.8 Å². The van der Waals surface area contributed by atoms with Crippen LogP contribution in [0, 0.1) is 13.8 Å². The molecule has 3 nitrogen and oxygen atoms in total. The summed E-state index contributed by atoms with van der Waals surface area (Å²) in [6.45, 7) is 6.11. The number of aryl methyl sites for hydroxylation is 2. The van der Waals surface area contributed by atoms with Crippen molar-refractivity contribution in [1.29, 1.82) is 0 Å². The predicted molar refractivity (Wildman–Crippen MR) is 82.7 cm³/mol. The van der Waals surface area contributed by atoms with Gasteiger partial charge in [-0.3, -0.25) is 0 Å². The molecule has 2 unspecified atom stereocenters. The lowest BCUT2D eigenvalue weighted by molar-refractivity contribution is 0.633. The van der Waals surface area contributed by atoms with Crippen molar-refractivity contribution in [3.05, 3.63) is 39.8 Å². The molecular weight excluding hydrogens is 274 g/mol. The van der Waals surface area contributed by atoms with Crippen LogP contribution in [0.2, 0.25) is 0 Å². The van der Waals surface area contributed by atoms with Crippen LogP contribution >= 0.6 is 23.1 Å². The van der Waals surface area contributed by atoms with E-state index in [1.807, 2.05) is 19.9 Å². The molecule has 0 aromatic carbocycles. The number of hydrogen-bond donors (Lipinski definition) is 1. The van der Waals surface area contributed by atoms with E-state index in [0.29, 0.717) is 0 Å². The van der Waals surface area contributed by atoms with Crippen molar-refractivity contribution in [2.75, 3.05) is 0 Å². The van der Waals surface area contributed by atoms with Gasteiger partial charge in [0.1, 0.15) is 0 Å². The molecule has 2 rings (SSSR count). The Labute approximate surface area is 122 Å². The molecule has 2 atom stereocenters. The van der Waals surface area contributed by atoms with Crippen LogP contribution in [0.25, 0.3) is 0 Å². The highest BCUT2D eigenvalue weighted by Gasteiger charge is 2.21. The Morgan fingerprint density at radius 1 is 1.32 bits per heavy atom. The molecule has 0 saturated heterocycles. The summed E-state index contributed by atoms with van der Waals surface area (Å²) in [6.07, 6.45) is 0.943. The maximum atomic E-state index is 6.26. The molecule has 0 fully saturated rings. The number of nitrogens with zero attached hydrogens (tertiary/aromatic N) is 2. The minimum Gasteiger partial charge on any atom is -0.326 e. The van der Waals surface area contributed by atoms with Gasteiger partial charge in [-0.05, 0) is 48.7 Å². The van der Waals surface area contributed by atoms with Crippen molar-refractivity contribution in [2.45, 2.75) is 43.6 Å². The summed E-state index contributed by atoms with van der Waals surface area (Å²) >= 11 is 3.37. The van der Waals surface area contributed by atoms with E-state index < -0.39 is 0 Å². The van der Waals surface area contributed by atoms with Crippen LogP contribution < -0.4 is 5.73 Å². The Morgan fingerprint density at radius 2 is 2.00 bits per heavy atom. The highest BCUT2D eigenvalue weighted by atomic mass is 32.2. The van der Waals surface area contributed by atoms with Crippen molar-refractivity contribution in [1.82, 2.24) is 9.97 Å². The van der Waals surface area contributed by atoms with Crippen molar-refractivity contribution < 1.29 is 0 Å². The van der Waals surface area contributed by atoms with Crippen molar-refractivity contribution in [3.63, 3.8) is 0 Å². The molecule has 0 aliphatic heterocycles. The second-order valence-electron chi connectivity index (χ2n) is 4.60. The summed E-state index contributed by atoms with van der Waals surface area (Å²) in [7, 11) is 0. The number of nitrogens with two attached hydrogens (primary N) is 1. The highest BCUT2D eigenvalue weighted by Crippen LogP contribution is 2.37. The van der Waals surface area contributed by atoms with Crippen molar-refractivity contribution >= 4 is 23.1 Å². The average molecular weight is 293 g/mol. The normalized spacial score (nSPS) is 14.3. The SMILES string of the molecule is CCC(N)C(Sc1nc(C)cc(C)n1)c1ccsc1. The largest absolute Gasteiger partial charge is 0.326 e. The molecule has 2 aromatic heterocycles. The van der Waals surface area contributed by atoms with E-state index in [9.17, 15) is 0 Å². The maximum Gasteiger partial charge on any atom is 0.188 e. The quantitative estimate of drug-likeness (QED) is 0.674. The second-order valence-corrected chi connectivity index (χ2v) is 6.49. The fraction of sp³-hybridized carbons (Fsp3) is 0.429. The first-order valence-corrected chi connectivity index (χ1v) is 8.19. The van der Waals surface area contributed by atoms with E-state index in [4.69, 9.17) is 5.73 Å². The summed E-state index contributed by atoms with van der Waals surface area (Å²) in [5, 5.41) is 5.29. The minimum atomic E-state index is 0.115. The molecule has 102 valence electrons. The third-order valence-electron chi connectivity index (χ3n) is 2.93. The van der Waals surface area contributed by atoms with E-state index in [1.165, 1.54) is 5.56 Å². The van der Waals surface area contributed by atoms with E-state index in [2.05, 4.69) is 33.7 Å². The fourth-order valence-electron chi connectivity index (χ4n) is 1.91. The molecule has 0 spiro atoms. The fourth-order valence-corrected chi connectivity index (χ4v) is 3.97. The standard InChI is InChI=1S/C14H19N3S2/c1-4-12(15)13(11-5-6-18-8-11)19-14-16-9(2)7-10(3)17-14/h5-8,12-13H,4,15H2,1-3H3.